The number of nitrogens with zero attached hydrogens (tertiary/aromatic N) is 1. The van der Waals surface area contributed by atoms with E-state index in [9.17, 15) is 0 Å². The average Bonchev–Trinajstić information content (AvgIpc) is 2.55. The van der Waals surface area contributed by atoms with Gasteiger partial charge in [0.1, 0.15) is 5.75 Å². The summed E-state index contributed by atoms with van der Waals surface area (Å²) in [6.07, 6.45) is 4.94. The highest BCUT2D eigenvalue weighted by atomic mass is 16.5. The summed E-state index contributed by atoms with van der Waals surface area (Å²) >= 11 is 0. The number of ether oxygens (including phenoxy) is 1. The summed E-state index contributed by atoms with van der Waals surface area (Å²) in [6.45, 7) is 2.15. The van der Waals surface area contributed by atoms with Crippen LogP contribution in [-0.2, 0) is 19.3 Å². The van der Waals surface area contributed by atoms with Gasteiger partial charge < -0.3 is 10.1 Å². The predicted molar refractivity (Wildman–Crippen MR) is 86.9 cm³/mol. The molecule has 1 unspecified atom stereocenters. The van der Waals surface area contributed by atoms with Gasteiger partial charge in [0.15, 0.2) is 0 Å². The normalized spacial score (nSPS) is 12.1. The van der Waals surface area contributed by atoms with E-state index in [1.165, 1.54) is 11.1 Å². The molecule has 3 heteroatoms. The number of nitrogens with one attached hydrogen (secondary N) is 1. The van der Waals surface area contributed by atoms with E-state index in [1.807, 2.05) is 25.4 Å². The highest BCUT2D eigenvalue weighted by Gasteiger charge is 2.09. The quantitative estimate of drug-likeness (QED) is 0.848. The minimum Gasteiger partial charge on any atom is -0.497 e. The maximum absolute atomic E-state index is 5.19. The van der Waals surface area contributed by atoms with Crippen molar-refractivity contribution in [3.05, 3.63) is 59.4 Å². The summed E-state index contributed by atoms with van der Waals surface area (Å²) in [6, 6.07) is 13.0. The average molecular weight is 284 g/mol. The summed E-state index contributed by atoms with van der Waals surface area (Å²) in [5.74, 6) is 0.900. The Bertz CT molecular complexity index is 485. The van der Waals surface area contributed by atoms with Crippen LogP contribution in [0.5, 0.6) is 5.75 Å². The smallest absolute Gasteiger partial charge is 0.118 e. The van der Waals surface area contributed by atoms with Gasteiger partial charge in [-0.25, -0.2) is 0 Å². The third-order valence-electron chi connectivity index (χ3n) is 3.80. The summed E-state index contributed by atoms with van der Waals surface area (Å²) in [5, 5.41) is 3.38. The molecule has 0 aliphatic heterocycles. The van der Waals surface area contributed by atoms with Gasteiger partial charge in [-0.1, -0.05) is 25.1 Å². The second kappa shape index (κ2) is 7.79. The summed E-state index contributed by atoms with van der Waals surface area (Å²) in [4.78, 5) is 4.55. The molecule has 2 rings (SSSR count). The van der Waals surface area contributed by atoms with Crippen LogP contribution in [0.15, 0.2) is 42.6 Å². The molecule has 0 amide bonds. The second-order valence-electron chi connectivity index (χ2n) is 5.25. The number of aryl methyl sites for hydroxylation is 1. The Hall–Kier alpha value is -1.87. The Kier molecular flexibility index (Phi) is 5.76. The first-order valence-electron chi connectivity index (χ1n) is 7.49. The van der Waals surface area contributed by atoms with Crippen LogP contribution in [-0.4, -0.2) is 25.2 Å². The van der Waals surface area contributed by atoms with Gasteiger partial charge in [0, 0.05) is 24.4 Å². The van der Waals surface area contributed by atoms with Gasteiger partial charge in [0.2, 0.25) is 0 Å². The topological polar surface area (TPSA) is 34.1 Å². The number of methoxy groups -OCH3 is 1. The number of pyridine rings is 1. The Labute approximate surface area is 127 Å². The first-order valence-corrected chi connectivity index (χ1v) is 7.49. The molecule has 0 saturated heterocycles. The van der Waals surface area contributed by atoms with Gasteiger partial charge in [0.25, 0.3) is 0 Å². The molecule has 0 bridgehead atoms. The molecule has 0 saturated carbocycles. The number of rotatable bonds is 7. The lowest BCUT2D eigenvalue weighted by molar-refractivity contribution is 0.414. The maximum atomic E-state index is 5.19. The van der Waals surface area contributed by atoms with Crippen molar-refractivity contribution in [2.45, 2.75) is 32.2 Å². The third-order valence-corrected chi connectivity index (χ3v) is 3.80. The number of hydrogen-bond acceptors (Lipinski definition) is 3. The van der Waals surface area contributed by atoms with Crippen molar-refractivity contribution in [1.29, 1.82) is 0 Å². The Balaban J connectivity index is 1.98. The minimum absolute atomic E-state index is 0.387. The van der Waals surface area contributed by atoms with E-state index in [0.717, 1.165) is 30.7 Å². The Morgan fingerprint density at radius 2 is 1.76 bits per heavy atom. The van der Waals surface area contributed by atoms with E-state index in [2.05, 4.69) is 41.5 Å². The highest BCUT2D eigenvalue weighted by Crippen LogP contribution is 2.14. The minimum atomic E-state index is 0.387. The molecule has 21 heavy (non-hydrogen) atoms. The van der Waals surface area contributed by atoms with Crippen molar-refractivity contribution in [2.75, 3.05) is 14.2 Å². The molecule has 3 nitrogen and oxygen atoms in total. The molecule has 0 spiro atoms. The van der Waals surface area contributed by atoms with Gasteiger partial charge >= 0.3 is 0 Å². The molecule has 0 radical (unpaired) electrons. The van der Waals surface area contributed by atoms with Crippen LogP contribution in [0.25, 0.3) is 0 Å². The molecule has 0 aliphatic carbocycles. The molecule has 1 heterocycles. The largest absolute Gasteiger partial charge is 0.497 e. The Morgan fingerprint density at radius 3 is 2.29 bits per heavy atom. The van der Waals surface area contributed by atoms with E-state index in [-0.39, 0.29) is 0 Å². The third kappa shape index (κ3) is 4.57. The monoisotopic (exact) mass is 284 g/mol. The first-order chi connectivity index (χ1) is 10.2. The summed E-state index contributed by atoms with van der Waals surface area (Å²) in [7, 11) is 3.70. The molecule has 1 aromatic carbocycles. The van der Waals surface area contributed by atoms with Crippen molar-refractivity contribution in [3.8, 4) is 5.75 Å². The van der Waals surface area contributed by atoms with Crippen LogP contribution in [0.4, 0.5) is 0 Å². The summed E-state index contributed by atoms with van der Waals surface area (Å²) in [5.41, 5.74) is 3.73. The standard InChI is InChI=1S/C18H24N2O/c1-4-14-5-8-16(20-13-14)12-17(19-2)11-15-6-9-18(21-3)10-7-15/h5-10,13,17,19H,4,11-12H2,1-3H3. The summed E-state index contributed by atoms with van der Waals surface area (Å²) < 4.78 is 5.19. The van der Waals surface area contributed by atoms with Crippen molar-refractivity contribution < 1.29 is 4.74 Å². The number of aromatic nitrogens is 1. The van der Waals surface area contributed by atoms with Crippen LogP contribution < -0.4 is 10.1 Å². The zero-order valence-electron chi connectivity index (χ0n) is 13.1. The molecule has 0 fully saturated rings. The first kappa shape index (κ1) is 15.5. The molecule has 1 aromatic heterocycles. The fourth-order valence-corrected chi connectivity index (χ4v) is 2.36. The lowest BCUT2D eigenvalue weighted by Gasteiger charge is -2.16. The van der Waals surface area contributed by atoms with Crippen molar-refractivity contribution >= 4 is 0 Å². The lowest BCUT2D eigenvalue weighted by Crippen LogP contribution is -2.30. The van der Waals surface area contributed by atoms with E-state index >= 15 is 0 Å². The van der Waals surface area contributed by atoms with Gasteiger partial charge in [-0.2, -0.15) is 0 Å². The lowest BCUT2D eigenvalue weighted by atomic mass is 10.0. The fourth-order valence-electron chi connectivity index (χ4n) is 2.36. The fraction of sp³-hybridized carbons (Fsp3) is 0.389. The zero-order chi connectivity index (χ0) is 15.1. The highest BCUT2D eigenvalue weighted by molar-refractivity contribution is 5.28. The zero-order valence-corrected chi connectivity index (χ0v) is 13.1. The Morgan fingerprint density at radius 1 is 1.05 bits per heavy atom. The molecule has 0 aliphatic rings. The van der Waals surface area contributed by atoms with E-state index in [0.29, 0.717) is 6.04 Å². The molecule has 112 valence electrons. The molecule has 2 aromatic rings. The van der Waals surface area contributed by atoms with Gasteiger partial charge in [0.05, 0.1) is 7.11 Å². The van der Waals surface area contributed by atoms with Crippen LogP contribution in [0, 0.1) is 0 Å². The van der Waals surface area contributed by atoms with E-state index in [1.54, 1.807) is 7.11 Å². The molecular weight excluding hydrogens is 260 g/mol. The van der Waals surface area contributed by atoms with Gasteiger partial charge in [-0.3, -0.25) is 4.98 Å². The van der Waals surface area contributed by atoms with E-state index in [4.69, 9.17) is 4.74 Å². The molecular formula is C18H24N2O. The van der Waals surface area contributed by atoms with Gasteiger partial charge in [-0.05, 0) is 49.2 Å². The van der Waals surface area contributed by atoms with Crippen LogP contribution >= 0.6 is 0 Å². The maximum Gasteiger partial charge on any atom is 0.118 e. The van der Waals surface area contributed by atoms with Crippen molar-refractivity contribution in [1.82, 2.24) is 10.3 Å². The van der Waals surface area contributed by atoms with Crippen LogP contribution in [0.2, 0.25) is 0 Å². The number of benzene rings is 1. The van der Waals surface area contributed by atoms with Gasteiger partial charge in [-0.15, -0.1) is 0 Å². The van der Waals surface area contributed by atoms with Crippen molar-refractivity contribution in [2.24, 2.45) is 0 Å². The van der Waals surface area contributed by atoms with Crippen LogP contribution in [0.3, 0.4) is 0 Å². The molecule has 1 N–H and O–H groups in total. The SMILES string of the molecule is CCc1ccc(CC(Cc2ccc(OC)cc2)NC)nc1. The van der Waals surface area contributed by atoms with Crippen LogP contribution in [0.1, 0.15) is 23.7 Å². The van der Waals surface area contributed by atoms with Crippen molar-refractivity contribution in [3.63, 3.8) is 0 Å². The number of hydrogen-bond donors (Lipinski definition) is 1. The van der Waals surface area contributed by atoms with E-state index < -0.39 is 0 Å². The molecule has 1 atom stereocenters. The predicted octanol–water partition coefficient (Wildman–Crippen LogP) is 3.03. The number of likely N-dealkylation sites (N-methyl/N-ethyl adjacent to an activating group) is 1. The second-order valence-corrected chi connectivity index (χ2v) is 5.25.